The van der Waals surface area contributed by atoms with Crippen LogP contribution in [0.4, 0.5) is 0 Å². The highest BCUT2D eigenvalue weighted by atomic mass is 35.5. The highest BCUT2D eigenvalue weighted by Crippen LogP contribution is 2.24. The normalized spacial score (nSPS) is 13.7. The molecule has 0 fully saturated rings. The van der Waals surface area contributed by atoms with E-state index in [2.05, 4.69) is 30.1 Å². The van der Waals surface area contributed by atoms with Crippen molar-refractivity contribution in [3.63, 3.8) is 0 Å². The van der Waals surface area contributed by atoms with Gasteiger partial charge in [0, 0.05) is 38.2 Å². The Morgan fingerprint density at radius 1 is 0.682 bits per heavy atom. The Morgan fingerprint density at radius 3 is 1.39 bits per heavy atom. The molecule has 0 spiro atoms. The number of rotatable bonds is 8. The summed E-state index contributed by atoms with van der Waals surface area (Å²) in [6.07, 6.45) is -2.71. The van der Waals surface area contributed by atoms with Crippen LogP contribution in [0.2, 0.25) is 10.0 Å². The number of nitrogens with one attached hydrogen (secondary N) is 2. The van der Waals surface area contributed by atoms with Gasteiger partial charge in [-0.05, 0) is 47.5 Å². The van der Waals surface area contributed by atoms with Gasteiger partial charge in [-0.1, -0.05) is 47.5 Å². The molecule has 0 amide bonds. The minimum Gasteiger partial charge on any atom is -0.382 e. The molecule has 0 saturated carbocycles. The number of fused-ring (bicyclic) bond motifs is 2. The van der Waals surface area contributed by atoms with Crippen molar-refractivity contribution in [3.8, 4) is 0 Å². The lowest BCUT2D eigenvalue weighted by atomic mass is 9.97. The van der Waals surface area contributed by atoms with Crippen LogP contribution in [0.1, 0.15) is 34.7 Å². The lowest BCUT2D eigenvalue weighted by molar-refractivity contribution is 0.240. The molecule has 0 aliphatic carbocycles. The van der Waals surface area contributed by atoms with Gasteiger partial charge in [-0.3, -0.25) is 9.59 Å². The van der Waals surface area contributed by atoms with E-state index < -0.39 is 23.3 Å². The molecule has 0 bridgehead atoms. The third-order valence-corrected chi connectivity index (χ3v) is 6.97. The molecule has 14 heteroatoms. The van der Waals surface area contributed by atoms with E-state index in [1.54, 1.807) is 88.9 Å². The summed E-state index contributed by atoms with van der Waals surface area (Å²) in [5, 5.41) is 35.3. The van der Waals surface area contributed by atoms with Crippen molar-refractivity contribution in [2.24, 2.45) is 10.2 Å². The lowest BCUT2D eigenvalue weighted by Crippen LogP contribution is -2.28. The maximum Gasteiger partial charge on any atom is 0.276 e. The zero-order chi connectivity index (χ0) is 31.7. The van der Waals surface area contributed by atoms with Gasteiger partial charge in [0.15, 0.2) is 11.4 Å². The Morgan fingerprint density at radius 2 is 1.05 bits per heavy atom. The van der Waals surface area contributed by atoms with Crippen LogP contribution in [0.5, 0.6) is 0 Å². The number of aromatic amines is 2. The van der Waals surface area contributed by atoms with Crippen LogP contribution >= 0.6 is 23.2 Å². The summed E-state index contributed by atoms with van der Waals surface area (Å²) < 4.78 is 0. The fourth-order valence-corrected chi connectivity index (χ4v) is 4.88. The molecule has 5 rings (SSSR count). The largest absolute Gasteiger partial charge is 0.382 e. The molecular weight excluding hydrogens is 607 g/mol. The molecule has 2 heterocycles. The van der Waals surface area contributed by atoms with Crippen LogP contribution in [0, 0.1) is 0 Å². The number of halogens is 2. The number of hydrogen-bond acceptors (Lipinski definition) is 10. The second-order valence-corrected chi connectivity index (χ2v) is 11.2. The summed E-state index contributed by atoms with van der Waals surface area (Å²) in [6.45, 7) is 0. The van der Waals surface area contributed by atoms with E-state index in [1.807, 2.05) is 0 Å². The van der Waals surface area contributed by atoms with E-state index in [9.17, 15) is 19.8 Å². The molecule has 0 saturated heterocycles. The first-order valence-electron chi connectivity index (χ1n) is 13.3. The molecule has 44 heavy (non-hydrogen) atoms. The van der Waals surface area contributed by atoms with Gasteiger partial charge >= 0.3 is 0 Å². The van der Waals surface area contributed by atoms with Crippen LogP contribution < -0.4 is 11.1 Å². The molecule has 0 aliphatic heterocycles. The number of aliphatic hydroxyl groups is 2. The Bertz CT molecular complexity index is 1890. The summed E-state index contributed by atoms with van der Waals surface area (Å²) in [6, 6.07) is 16.1. The number of aromatic nitrogens is 4. The van der Waals surface area contributed by atoms with E-state index in [1.165, 1.54) is 10.0 Å². The second kappa shape index (κ2) is 12.5. The van der Waals surface area contributed by atoms with E-state index in [0.29, 0.717) is 43.2 Å². The molecule has 2 atom stereocenters. The van der Waals surface area contributed by atoms with Crippen molar-refractivity contribution in [2.45, 2.75) is 12.2 Å². The standard InChI is InChI=1S/C30H28Cl2N8O4/c1-39(2)37-23(25-29(43)35-21-13-17(31)9-11-19(21)33-25)27(41)15-5-7-16(8-6-15)28(42)24(38-40(3)4)26-30(44)36-22-14-18(32)10-12-20(22)34-26/h5-14,27-28,41-42H,1-4H3,(H,35,43)(H,36,44)/b37-23-,38-24+/t27-,28+/m1/s1. The lowest BCUT2D eigenvalue weighted by Gasteiger charge is -2.19. The minimum atomic E-state index is -1.35. The molecule has 12 nitrogen and oxygen atoms in total. The first kappa shape index (κ1) is 30.8. The van der Waals surface area contributed by atoms with Gasteiger partial charge in [-0.2, -0.15) is 10.2 Å². The first-order chi connectivity index (χ1) is 20.9. The van der Waals surface area contributed by atoms with Gasteiger partial charge in [-0.25, -0.2) is 9.97 Å². The third-order valence-electron chi connectivity index (χ3n) is 6.49. The Balaban J connectivity index is 1.50. The van der Waals surface area contributed by atoms with Gasteiger partial charge in [0.05, 0.1) is 22.1 Å². The number of aliphatic hydroxyl groups excluding tert-OH is 2. The number of benzene rings is 3. The number of nitrogens with zero attached hydrogens (tertiary/aromatic N) is 6. The van der Waals surface area contributed by atoms with Crippen molar-refractivity contribution in [1.82, 2.24) is 30.0 Å². The molecule has 5 aromatic rings. The van der Waals surface area contributed by atoms with Gasteiger partial charge < -0.3 is 30.2 Å². The summed E-state index contributed by atoms with van der Waals surface area (Å²) in [7, 11) is 6.63. The monoisotopic (exact) mass is 634 g/mol. The van der Waals surface area contributed by atoms with Gasteiger partial charge in [0.1, 0.15) is 23.6 Å². The van der Waals surface area contributed by atoms with Gasteiger partial charge in [0.2, 0.25) is 0 Å². The zero-order valence-corrected chi connectivity index (χ0v) is 25.6. The summed E-state index contributed by atoms with van der Waals surface area (Å²) >= 11 is 12.1. The first-order valence-corrected chi connectivity index (χ1v) is 14.0. The maximum atomic E-state index is 13.0. The highest BCUT2D eigenvalue weighted by molar-refractivity contribution is 6.31. The van der Waals surface area contributed by atoms with Crippen molar-refractivity contribution in [1.29, 1.82) is 0 Å². The summed E-state index contributed by atoms with van der Waals surface area (Å²) in [5.41, 5.74) is 1.39. The zero-order valence-electron chi connectivity index (χ0n) is 24.1. The SMILES string of the molecule is CN(C)/N=C(/c1nc2ccc(Cl)cc2[nH]c1=O)[C@H](O)c1ccc([C@H](O)/C(=N/N(C)C)c2nc3ccc(Cl)cc3[nH]c2=O)cc1. The van der Waals surface area contributed by atoms with Crippen molar-refractivity contribution in [3.05, 3.63) is 114 Å². The predicted molar refractivity (Wildman–Crippen MR) is 172 cm³/mol. The van der Waals surface area contributed by atoms with E-state index >= 15 is 0 Å². The molecule has 3 aromatic carbocycles. The molecular formula is C30H28Cl2N8O4. The summed E-state index contributed by atoms with van der Waals surface area (Å²) in [4.78, 5) is 40.4. The van der Waals surface area contributed by atoms with Crippen LogP contribution in [0.25, 0.3) is 22.1 Å². The van der Waals surface area contributed by atoms with E-state index in [4.69, 9.17) is 23.2 Å². The van der Waals surface area contributed by atoms with Gasteiger partial charge in [0.25, 0.3) is 11.1 Å². The quantitative estimate of drug-likeness (QED) is 0.149. The minimum absolute atomic E-state index is 0.0169. The summed E-state index contributed by atoms with van der Waals surface area (Å²) in [5.74, 6) is 0. The van der Waals surface area contributed by atoms with Crippen molar-refractivity contribution in [2.75, 3.05) is 28.2 Å². The fourth-order valence-electron chi connectivity index (χ4n) is 4.53. The predicted octanol–water partition coefficient (Wildman–Crippen LogP) is 3.47. The smallest absolute Gasteiger partial charge is 0.276 e. The second-order valence-electron chi connectivity index (χ2n) is 10.3. The fraction of sp³-hybridized carbons (Fsp3) is 0.200. The van der Waals surface area contributed by atoms with Crippen LogP contribution in [0.15, 0.2) is 80.5 Å². The van der Waals surface area contributed by atoms with E-state index in [-0.39, 0.29) is 22.8 Å². The highest BCUT2D eigenvalue weighted by Gasteiger charge is 2.26. The Labute approximate surface area is 260 Å². The van der Waals surface area contributed by atoms with Crippen molar-refractivity contribution < 1.29 is 10.2 Å². The number of H-pyrrole nitrogens is 2. The van der Waals surface area contributed by atoms with E-state index in [0.717, 1.165) is 0 Å². The molecule has 4 N–H and O–H groups in total. The Hall–Kier alpha value is -4.62. The molecule has 0 radical (unpaired) electrons. The topological polar surface area (TPSA) is 163 Å². The average molecular weight is 636 g/mol. The Kier molecular flexibility index (Phi) is 8.79. The van der Waals surface area contributed by atoms with Crippen molar-refractivity contribution >= 4 is 56.7 Å². The third kappa shape index (κ3) is 6.48. The molecule has 0 aliphatic rings. The van der Waals surface area contributed by atoms with Crippen LogP contribution in [0.3, 0.4) is 0 Å². The maximum absolute atomic E-state index is 13.0. The number of hydrazone groups is 2. The molecule has 2 aromatic heterocycles. The average Bonchev–Trinajstić information content (AvgIpc) is 2.97. The number of hydrogen-bond donors (Lipinski definition) is 4. The molecule has 226 valence electrons. The van der Waals surface area contributed by atoms with Crippen LogP contribution in [-0.2, 0) is 0 Å². The van der Waals surface area contributed by atoms with Gasteiger partial charge in [-0.15, -0.1) is 0 Å². The molecule has 0 unspecified atom stereocenters. The van der Waals surface area contributed by atoms with Crippen LogP contribution in [-0.4, -0.2) is 79.8 Å².